The van der Waals surface area contributed by atoms with Gasteiger partial charge in [0, 0.05) is 6.61 Å². The first-order valence-corrected chi connectivity index (χ1v) is 3.76. The van der Waals surface area contributed by atoms with Crippen molar-refractivity contribution in [2.75, 3.05) is 6.61 Å². The summed E-state index contributed by atoms with van der Waals surface area (Å²) in [7, 11) is 0. The van der Waals surface area contributed by atoms with Crippen molar-refractivity contribution in [2.45, 2.75) is 13.3 Å². The van der Waals surface area contributed by atoms with E-state index >= 15 is 0 Å². The first kappa shape index (κ1) is 8.08. The van der Waals surface area contributed by atoms with Crippen molar-refractivity contribution in [3.63, 3.8) is 0 Å². The third-order valence-corrected chi connectivity index (χ3v) is 1.25. The summed E-state index contributed by atoms with van der Waals surface area (Å²) in [6.07, 6.45) is 0.875. The van der Waals surface area contributed by atoms with E-state index in [1.165, 1.54) is 0 Å². The molecule has 1 aliphatic rings. The van der Waals surface area contributed by atoms with Crippen LogP contribution in [0.1, 0.15) is 13.3 Å². The largest absolute Gasteiger partial charge is 0.450 e. The Morgan fingerprint density at radius 3 is 2.00 bits per heavy atom. The van der Waals surface area contributed by atoms with Crippen LogP contribution < -0.4 is 4.74 Å². The molecule has 1 heterocycles. The lowest BCUT2D eigenvalue weighted by Gasteiger charge is -1.69. The molecule has 0 bridgehead atoms. The topological polar surface area (TPSA) is 32.8 Å². The van der Waals surface area contributed by atoms with Crippen LogP contribution in [0.5, 0.6) is 11.5 Å². The molecule has 2 rings (SSSR count). The number of hydrogen-bond acceptors (Lipinski definition) is 2. The Kier molecular flexibility index (Phi) is 2.93. The fourth-order valence-electron chi connectivity index (χ4n) is 0.611. The number of aliphatic hydroxyl groups excluding tert-OH is 1. The van der Waals surface area contributed by atoms with Crippen molar-refractivity contribution in [3.8, 4) is 11.5 Å². The van der Waals surface area contributed by atoms with E-state index in [9.17, 15) is 0 Å². The molecule has 0 atom stereocenters. The van der Waals surface area contributed by atoms with E-state index < -0.39 is 0 Å². The fourth-order valence-corrected chi connectivity index (χ4v) is 0.611. The van der Waals surface area contributed by atoms with Crippen molar-refractivity contribution in [1.29, 1.82) is 0 Å². The Bertz CT molecular complexity index is 198. The zero-order valence-corrected chi connectivity index (χ0v) is 6.58. The van der Waals surface area contributed by atoms with Gasteiger partial charge in [0.25, 0.3) is 0 Å². The Labute approximate surface area is 66.4 Å². The monoisotopic (exact) mass is 152 g/mol. The van der Waals surface area contributed by atoms with Crippen LogP contribution in [-0.2, 0) is 0 Å². The number of aliphatic hydroxyl groups is 1. The number of fused-ring (bicyclic) bond motifs is 1. The number of ether oxygens (including phenoxy) is 1. The van der Waals surface area contributed by atoms with E-state index in [-0.39, 0.29) is 0 Å². The maximum Gasteiger partial charge on any atom is 0.170 e. The second-order valence-electron chi connectivity index (χ2n) is 2.27. The van der Waals surface area contributed by atoms with Crippen LogP contribution in [0.15, 0.2) is 24.3 Å². The molecule has 1 aromatic carbocycles. The summed E-state index contributed by atoms with van der Waals surface area (Å²) in [6, 6.07) is 7.84. The zero-order chi connectivity index (χ0) is 8.10. The summed E-state index contributed by atoms with van der Waals surface area (Å²) in [4.78, 5) is 0. The average Bonchev–Trinajstić information content (AvgIpc) is 2.83. The highest BCUT2D eigenvalue weighted by molar-refractivity contribution is 5.53. The van der Waals surface area contributed by atoms with Gasteiger partial charge in [-0.25, -0.2) is 0 Å². The Balaban J connectivity index is 0.000000134. The molecular weight excluding hydrogens is 140 g/mol. The predicted molar refractivity (Wildman–Crippen MR) is 43.9 cm³/mol. The van der Waals surface area contributed by atoms with Crippen LogP contribution >= 0.6 is 0 Å². The summed E-state index contributed by atoms with van der Waals surface area (Å²) in [6.45, 7) is 2.25. The van der Waals surface area contributed by atoms with E-state index in [2.05, 4.69) is 0 Å². The van der Waals surface area contributed by atoms with Gasteiger partial charge in [-0.2, -0.15) is 0 Å². The minimum Gasteiger partial charge on any atom is -0.450 e. The molecular formula is C9H12O2. The first-order chi connectivity index (χ1) is 5.38. The lowest BCUT2D eigenvalue weighted by Crippen LogP contribution is -1.69. The summed E-state index contributed by atoms with van der Waals surface area (Å²) in [5.41, 5.74) is 0. The van der Waals surface area contributed by atoms with Crippen LogP contribution in [0, 0.1) is 0 Å². The number of para-hydroxylation sites is 2. The van der Waals surface area contributed by atoms with Crippen molar-refractivity contribution < 1.29 is 9.84 Å². The van der Waals surface area contributed by atoms with E-state index in [0.717, 1.165) is 17.9 Å². The maximum absolute atomic E-state index is 7.88. The fraction of sp³-hybridized carbons (Fsp3) is 0.333. The second kappa shape index (κ2) is 3.98. The SMILES string of the molecule is CCCO.c1ccc2c(c1)O2. The normalized spacial score (nSPS) is 10.4. The van der Waals surface area contributed by atoms with Gasteiger partial charge in [-0.15, -0.1) is 0 Å². The third-order valence-electron chi connectivity index (χ3n) is 1.25. The smallest absolute Gasteiger partial charge is 0.170 e. The molecule has 0 saturated carbocycles. The van der Waals surface area contributed by atoms with Gasteiger partial charge in [0.05, 0.1) is 0 Å². The van der Waals surface area contributed by atoms with E-state index in [1.54, 1.807) is 0 Å². The number of benzene rings is 1. The van der Waals surface area contributed by atoms with Gasteiger partial charge in [-0.1, -0.05) is 19.1 Å². The van der Waals surface area contributed by atoms with E-state index in [4.69, 9.17) is 9.84 Å². The quantitative estimate of drug-likeness (QED) is 0.635. The van der Waals surface area contributed by atoms with Gasteiger partial charge >= 0.3 is 0 Å². The van der Waals surface area contributed by atoms with Gasteiger partial charge in [-0.3, -0.25) is 0 Å². The molecule has 0 fully saturated rings. The molecule has 2 heteroatoms. The molecule has 1 aliphatic heterocycles. The predicted octanol–water partition coefficient (Wildman–Crippen LogP) is 2.18. The summed E-state index contributed by atoms with van der Waals surface area (Å²) in [5, 5.41) is 7.88. The van der Waals surface area contributed by atoms with Crippen LogP contribution in [0.25, 0.3) is 0 Å². The third kappa shape index (κ3) is 2.60. The molecule has 0 amide bonds. The van der Waals surface area contributed by atoms with Gasteiger partial charge in [-0.05, 0) is 18.6 Å². The van der Waals surface area contributed by atoms with Gasteiger partial charge in [0.2, 0.25) is 0 Å². The standard InChI is InChI=1S/C6H4O.C3H8O/c1-2-4-6-5(3-1)7-6;1-2-3-4/h1-4H;4H,2-3H2,1H3. The molecule has 0 spiro atoms. The van der Waals surface area contributed by atoms with Gasteiger partial charge in [0.15, 0.2) is 11.5 Å². The number of hydrogen-bond donors (Lipinski definition) is 1. The highest BCUT2D eigenvalue weighted by Crippen LogP contribution is 2.43. The molecule has 0 aromatic heterocycles. The lowest BCUT2D eigenvalue weighted by molar-refractivity contribution is 0.295. The highest BCUT2D eigenvalue weighted by atomic mass is 16.6. The molecule has 1 N–H and O–H groups in total. The van der Waals surface area contributed by atoms with Gasteiger partial charge < -0.3 is 9.84 Å². The highest BCUT2D eigenvalue weighted by Gasteiger charge is 2.15. The van der Waals surface area contributed by atoms with Crippen LogP contribution in [-0.4, -0.2) is 11.7 Å². The second-order valence-corrected chi connectivity index (χ2v) is 2.27. The van der Waals surface area contributed by atoms with Crippen LogP contribution in [0.3, 0.4) is 0 Å². The molecule has 0 unspecified atom stereocenters. The molecule has 0 radical (unpaired) electrons. The summed E-state index contributed by atoms with van der Waals surface area (Å²) in [5.74, 6) is 2.06. The van der Waals surface area contributed by atoms with Gasteiger partial charge in [0.1, 0.15) is 0 Å². The molecule has 0 aliphatic carbocycles. The molecule has 60 valence electrons. The molecule has 1 aromatic rings. The minimum absolute atomic E-state index is 0.319. The average molecular weight is 152 g/mol. The zero-order valence-electron chi connectivity index (χ0n) is 6.58. The summed E-state index contributed by atoms with van der Waals surface area (Å²) >= 11 is 0. The molecule has 2 nitrogen and oxygen atoms in total. The van der Waals surface area contributed by atoms with Crippen molar-refractivity contribution >= 4 is 0 Å². The molecule has 0 saturated heterocycles. The maximum atomic E-state index is 7.88. The minimum atomic E-state index is 0.319. The van der Waals surface area contributed by atoms with Crippen molar-refractivity contribution in [2.24, 2.45) is 0 Å². The Morgan fingerprint density at radius 1 is 1.27 bits per heavy atom. The molecule has 11 heavy (non-hydrogen) atoms. The Morgan fingerprint density at radius 2 is 1.73 bits per heavy atom. The summed E-state index contributed by atoms with van der Waals surface area (Å²) < 4.78 is 4.94. The number of rotatable bonds is 1. The van der Waals surface area contributed by atoms with Crippen LogP contribution in [0.2, 0.25) is 0 Å². The van der Waals surface area contributed by atoms with Crippen molar-refractivity contribution in [3.05, 3.63) is 24.3 Å². The van der Waals surface area contributed by atoms with Crippen LogP contribution in [0.4, 0.5) is 0 Å². The first-order valence-electron chi connectivity index (χ1n) is 3.76. The lowest BCUT2D eigenvalue weighted by atomic mass is 10.4. The van der Waals surface area contributed by atoms with Crippen molar-refractivity contribution in [1.82, 2.24) is 0 Å². The van der Waals surface area contributed by atoms with E-state index in [1.807, 2.05) is 31.2 Å². The Hall–Kier alpha value is -1.02. The van der Waals surface area contributed by atoms with E-state index in [0.29, 0.717) is 6.61 Å².